The van der Waals surface area contributed by atoms with E-state index < -0.39 is 11.9 Å². The summed E-state index contributed by atoms with van der Waals surface area (Å²) in [5.74, 6) is -2.20. The molecule has 3 aromatic rings. The van der Waals surface area contributed by atoms with Gasteiger partial charge in [0.1, 0.15) is 11.4 Å². The van der Waals surface area contributed by atoms with Gasteiger partial charge in [0.15, 0.2) is 0 Å². The second-order valence-electron chi connectivity index (χ2n) is 14.5. The van der Waals surface area contributed by atoms with E-state index in [4.69, 9.17) is 9.47 Å². The van der Waals surface area contributed by atoms with Crippen LogP contribution in [0.25, 0.3) is 23.0 Å². The minimum atomic E-state index is -1.000. The highest BCUT2D eigenvalue weighted by Gasteiger charge is 2.21. The molecule has 0 unspecified atom stereocenters. The molecule has 0 radical (unpaired) electrons. The lowest BCUT2D eigenvalue weighted by Crippen LogP contribution is -2.49. The zero-order valence-electron chi connectivity index (χ0n) is 35.3. The fourth-order valence-corrected chi connectivity index (χ4v) is 6.21. The first-order valence-electron chi connectivity index (χ1n) is 20.6. The first kappa shape index (κ1) is 49.5. The highest BCUT2D eigenvalue weighted by atomic mass is 16.5. The van der Waals surface area contributed by atoms with Crippen LogP contribution in [0.2, 0.25) is 0 Å². The summed E-state index contributed by atoms with van der Waals surface area (Å²) in [7, 11) is 0. The molecule has 0 spiro atoms. The number of anilines is 1. The van der Waals surface area contributed by atoms with Gasteiger partial charge in [-0.3, -0.25) is 53.5 Å². The van der Waals surface area contributed by atoms with Gasteiger partial charge in [-0.15, -0.1) is 20.4 Å². The van der Waals surface area contributed by atoms with Crippen LogP contribution >= 0.6 is 0 Å². The molecule has 6 N–H and O–H groups in total. The van der Waals surface area contributed by atoms with Crippen LogP contribution in [0.3, 0.4) is 0 Å². The van der Waals surface area contributed by atoms with E-state index in [1.165, 1.54) is 6.20 Å². The predicted molar refractivity (Wildman–Crippen MR) is 227 cm³/mol. The van der Waals surface area contributed by atoms with Crippen molar-refractivity contribution in [2.75, 3.05) is 123 Å². The molecule has 0 bridgehead atoms. The normalized spacial score (nSPS) is 14.8. The first-order chi connectivity index (χ1) is 30.4. The number of aliphatic carboxylic acids is 2. The third kappa shape index (κ3) is 20.5. The molecule has 1 saturated heterocycles. The molecule has 3 amide bonds. The van der Waals surface area contributed by atoms with Crippen molar-refractivity contribution < 1.29 is 48.8 Å². The number of ether oxygens (including phenoxy) is 2. The number of hydrogen-bond donors (Lipinski definition) is 6. The number of carboxylic acid groups (broad SMARTS) is 2. The summed E-state index contributed by atoms with van der Waals surface area (Å²) in [6.45, 7) is 8.25. The molecule has 63 heavy (non-hydrogen) atoms. The first-order valence-corrected chi connectivity index (χ1v) is 20.6. The van der Waals surface area contributed by atoms with Crippen LogP contribution in [0.15, 0.2) is 55.1 Å². The van der Waals surface area contributed by atoms with Gasteiger partial charge in [-0.05, 0) is 30.7 Å². The molecular weight excluding hydrogens is 823 g/mol. The minimum absolute atomic E-state index is 0.0275. The van der Waals surface area contributed by atoms with Gasteiger partial charge in [-0.25, -0.2) is 0 Å². The standard InChI is InChI=1S/C40H57N13O10/c1-30(54)26-50-13-15-51(16-18-53(29-38(60)61)20-19-52(17-14-50)28-37(58)59)27-36(57)43-12-22-63-24-23-62-21-11-42-34(55)6-4-7-35(56)45-31-8-9-33(44-25-31)40-48-46-39(47-49-40)32-5-2-3-10-41-32/h2-3,5,8-10,25,54H,1,4,6-7,11-24,26-29H2,(H,42,55)(H,43,57)(H,45,56)(H,58,59)(H,60,61). The molecule has 0 saturated carbocycles. The van der Waals surface area contributed by atoms with Crippen LogP contribution in [0.5, 0.6) is 0 Å². The number of hydrogen-bond acceptors (Lipinski definition) is 18. The summed E-state index contributed by atoms with van der Waals surface area (Å²) in [4.78, 5) is 76.2. The molecule has 1 aliphatic rings. The Morgan fingerprint density at radius 3 is 1.56 bits per heavy atom. The largest absolute Gasteiger partial charge is 0.512 e. The molecule has 4 rings (SSSR count). The van der Waals surface area contributed by atoms with Crippen LogP contribution < -0.4 is 16.0 Å². The molecule has 1 fully saturated rings. The van der Waals surface area contributed by atoms with E-state index in [2.05, 4.69) is 52.9 Å². The van der Waals surface area contributed by atoms with Gasteiger partial charge in [-0.1, -0.05) is 12.6 Å². The monoisotopic (exact) mass is 879 g/mol. The van der Waals surface area contributed by atoms with Gasteiger partial charge in [0.05, 0.1) is 70.2 Å². The van der Waals surface area contributed by atoms with Crippen molar-refractivity contribution in [2.24, 2.45) is 0 Å². The zero-order chi connectivity index (χ0) is 45.2. The number of nitrogens with one attached hydrogen (secondary N) is 3. The number of carboxylic acids is 2. The average molecular weight is 880 g/mol. The maximum Gasteiger partial charge on any atom is 0.317 e. The van der Waals surface area contributed by atoms with Gasteiger partial charge in [0, 0.05) is 84.5 Å². The second-order valence-corrected chi connectivity index (χ2v) is 14.5. The van der Waals surface area contributed by atoms with Crippen LogP contribution in [-0.4, -0.2) is 213 Å². The van der Waals surface area contributed by atoms with Crippen molar-refractivity contribution in [1.29, 1.82) is 0 Å². The van der Waals surface area contributed by atoms with Gasteiger partial charge >= 0.3 is 11.9 Å². The lowest BCUT2D eigenvalue weighted by atomic mass is 10.2. The quantitative estimate of drug-likeness (QED) is 0.0476. The number of amides is 3. The Morgan fingerprint density at radius 1 is 0.587 bits per heavy atom. The summed E-state index contributed by atoms with van der Waals surface area (Å²) < 4.78 is 11.1. The molecule has 23 nitrogen and oxygen atoms in total. The lowest BCUT2D eigenvalue weighted by Gasteiger charge is -2.33. The molecule has 3 aromatic heterocycles. The van der Waals surface area contributed by atoms with E-state index in [9.17, 15) is 39.3 Å². The number of aliphatic hydroxyl groups excluding tert-OH is 1. The van der Waals surface area contributed by atoms with Crippen LogP contribution in [0.4, 0.5) is 5.69 Å². The van der Waals surface area contributed by atoms with Gasteiger partial charge in [0.2, 0.25) is 29.4 Å². The summed E-state index contributed by atoms with van der Waals surface area (Å²) in [5.41, 5.74) is 1.45. The Hall–Kier alpha value is -6.11. The van der Waals surface area contributed by atoms with Crippen LogP contribution in [0.1, 0.15) is 19.3 Å². The molecular formula is C40H57N13O10. The third-order valence-corrected chi connectivity index (χ3v) is 9.39. The van der Waals surface area contributed by atoms with Crippen LogP contribution in [0, 0.1) is 0 Å². The molecule has 0 aliphatic carbocycles. The molecule has 0 atom stereocenters. The zero-order valence-corrected chi connectivity index (χ0v) is 35.3. The molecule has 1 aliphatic heterocycles. The number of aliphatic hydroxyl groups is 1. The topological polar surface area (TPSA) is 291 Å². The summed E-state index contributed by atoms with van der Waals surface area (Å²) in [6.07, 6.45) is 3.75. The highest BCUT2D eigenvalue weighted by molar-refractivity contribution is 5.91. The molecule has 342 valence electrons. The van der Waals surface area contributed by atoms with E-state index in [0.29, 0.717) is 82.4 Å². The van der Waals surface area contributed by atoms with E-state index in [0.717, 1.165) is 0 Å². The summed E-state index contributed by atoms with van der Waals surface area (Å²) in [6, 6.07) is 8.64. The average Bonchev–Trinajstić information content (AvgIpc) is 3.25. The van der Waals surface area contributed by atoms with Crippen molar-refractivity contribution >= 4 is 35.3 Å². The summed E-state index contributed by atoms with van der Waals surface area (Å²) in [5, 5.41) is 53.2. The Balaban J connectivity index is 1.03. The second kappa shape index (κ2) is 27.8. The Bertz CT molecular complexity index is 1860. The van der Waals surface area contributed by atoms with E-state index >= 15 is 0 Å². The number of nitrogens with zero attached hydrogens (tertiary/aromatic N) is 10. The molecule has 23 heteroatoms. The van der Waals surface area contributed by atoms with Crippen molar-refractivity contribution in [3.8, 4) is 23.0 Å². The van der Waals surface area contributed by atoms with Gasteiger partial charge in [-0.2, -0.15) is 0 Å². The highest BCUT2D eigenvalue weighted by Crippen LogP contribution is 2.15. The molecule has 0 aromatic carbocycles. The predicted octanol–water partition coefficient (Wildman–Crippen LogP) is -0.772. The lowest BCUT2D eigenvalue weighted by molar-refractivity contribution is -0.140. The van der Waals surface area contributed by atoms with Crippen molar-refractivity contribution in [3.05, 3.63) is 55.1 Å². The summed E-state index contributed by atoms with van der Waals surface area (Å²) >= 11 is 0. The van der Waals surface area contributed by atoms with Gasteiger partial charge < -0.3 is 40.7 Å². The fourth-order valence-electron chi connectivity index (χ4n) is 6.21. The van der Waals surface area contributed by atoms with Crippen LogP contribution in [-0.2, 0) is 33.4 Å². The van der Waals surface area contributed by atoms with Crippen molar-refractivity contribution in [1.82, 2.24) is 60.6 Å². The number of aromatic nitrogens is 6. The van der Waals surface area contributed by atoms with Gasteiger partial charge in [0.25, 0.3) is 0 Å². The van der Waals surface area contributed by atoms with Crippen molar-refractivity contribution in [2.45, 2.75) is 19.3 Å². The SMILES string of the molecule is C=C(O)CN1CCN(CC(=O)O)CCN(CC(=O)O)CCN(CC(=O)NCCOCCOCCNC(=O)CCCC(=O)Nc2ccc(-c3nnc(-c4ccccn4)nn3)nc2)CC1. The Labute approximate surface area is 364 Å². The smallest absolute Gasteiger partial charge is 0.317 e. The Kier molecular flexibility index (Phi) is 21.8. The van der Waals surface area contributed by atoms with E-state index in [1.807, 2.05) is 15.9 Å². The third-order valence-electron chi connectivity index (χ3n) is 9.39. The number of carbonyl (C=O) groups excluding carboxylic acids is 3. The maximum atomic E-state index is 12.8. The number of rotatable bonds is 24. The van der Waals surface area contributed by atoms with E-state index in [1.54, 1.807) is 40.3 Å². The number of carbonyl (C=O) groups is 5. The Morgan fingerprint density at radius 2 is 1.08 bits per heavy atom. The van der Waals surface area contributed by atoms with Crippen molar-refractivity contribution in [3.63, 3.8) is 0 Å². The molecule has 4 heterocycles. The van der Waals surface area contributed by atoms with E-state index in [-0.39, 0.29) is 107 Å². The fraction of sp³-hybridized carbons (Fsp3) is 0.525. The maximum absolute atomic E-state index is 12.8. The number of pyridine rings is 2. The minimum Gasteiger partial charge on any atom is -0.512 e.